The Morgan fingerprint density at radius 1 is 1.15 bits per heavy atom. The van der Waals surface area contributed by atoms with Gasteiger partial charge in [-0.3, -0.25) is 10.7 Å². The molecule has 1 heterocycles. The fourth-order valence-corrected chi connectivity index (χ4v) is 1.27. The molecular weight excluding hydrogens is 170 g/mol. The van der Waals surface area contributed by atoms with Gasteiger partial charge >= 0.3 is 0 Å². The number of rotatable bonds is 2. The van der Waals surface area contributed by atoms with Crippen LogP contribution in [0.4, 0.5) is 5.69 Å². The summed E-state index contributed by atoms with van der Waals surface area (Å²) in [6.45, 7) is 1.29. The molecule has 4 nitrogen and oxygen atoms in total. The van der Waals surface area contributed by atoms with Crippen molar-refractivity contribution < 1.29 is 14.7 Å². The quantitative estimate of drug-likeness (QED) is 0.679. The highest BCUT2D eigenvalue weighted by Gasteiger charge is 2.17. The van der Waals surface area contributed by atoms with Crippen LogP contribution < -0.4 is 5.48 Å². The first kappa shape index (κ1) is 8.50. The number of hydrogen-bond acceptors (Lipinski definition) is 4. The highest BCUT2D eigenvalue weighted by Crippen LogP contribution is 2.23. The molecule has 1 fully saturated rings. The van der Waals surface area contributed by atoms with Crippen molar-refractivity contribution in [3.05, 3.63) is 29.8 Å². The lowest BCUT2D eigenvalue weighted by Crippen LogP contribution is -1.98. The summed E-state index contributed by atoms with van der Waals surface area (Å²) in [7, 11) is 0. The highest BCUT2D eigenvalue weighted by atomic mass is 16.7. The van der Waals surface area contributed by atoms with E-state index in [9.17, 15) is 0 Å². The van der Waals surface area contributed by atoms with Crippen molar-refractivity contribution in [3.8, 4) is 0 Å². The Kier molecular flexibility index (Phi) is 2.44. The number of ether oxygens (including phenoxy) is 2. The lowest BCUT2D eigenvalue weighted by Gasteiger charge is -2.09. The van der Waals surface area contributed by atoms with E-state index in [-0.39, 0.29) is 6.29 Å². The molecule has 2 rings (SSSR count). The SMILES string of the molecule is ONc1ccc(C2OCCO2)cc1. The lowest BCUT2D eigenvalue weighted by molar-refractivity contribution is -0.0441. The molecule has 0 atom stereocenters. The van der Waals surface area contributed by atoms with Crippen LogP contribution in [0.1, 0.15) is 11.9 Å². The number of hydrogen-bond donors (Lipinski definition) is 2. The van der Waals surface area contributed by atoms with Crippen molar-refractivity contribution in [3.63, 3.8) is 0 Å². The largest absolute Gasteiger partial charge is 0.346 e. The van der Waals surface area contributed by atoms with Gasteiger partial charge in [0.25, 0.3) is 0 Å². The van der Waals surface area contributed by atoms with Crippen LogP contribution in [0.15, 0.2) is 24.3 Å². The highest BCUT2D eigenvalue weighted by molar-refractivity contribution is 5.42. The zero-order valence-electron chi connectivity index (χ0n) is 7.06. The van der Waals surface area contributed by atoms with E-state index >= 15 is 0 Å². The molecule has 0 saturated carbocycles. The normalized spacial score (nSPS) is 17.6. The average molecular weight is 181 g/mol. The summed E-state index contributed by atoms with van der Waals surface area (Å²) in [4.78, 5) is 0. The fraction of sp³-hybridized carbons (Fsp3) is 0.333. The predicted octanol–water partition coefficient (Wildman–Crippen LogP) is 1.53. The first-order valence-electron chi connectivity index (χ1n) is 4.13. The van der Waals surface area contributed by atoms with Gasteiger partial charge in [-0.05, 0) is 12.1 Å². The Balaban J connectivity index is 2.12. The van der Waals surface area contributed by atoms with E-state index in [1.807, 2.05) is 12.1 Å². The molecular formula is C9H11NO3. The van der Waals surface area contributed by atoms with Gasteiger partial charge in [-0.1, -0.05) is 12.1 Å². The van der Waals surface area contributed by atoms with E-state index in [0.717, 1.165) is 5.56 Å². The van der Waals surface area contributed by atoms with Gasteiger partial charge < -0.3 is 9.47 Å². The van der Waals surface area contributed by atoms with Gasteiger partial charge in [0.2, 0.25) is 0 Å². The van der Waals surface area contributed by atoms with Gasteiger partial charge in [-0.25, -0.2) is 0 Å². The zero-order chi connectivity index (χ0) is 9.10. The summed E-state index contributed by atoms with van der Waals surface area (Å²) in [6.07, 6.45) is -0.243. The predicted molar refractivity (Wildman–Crippen MR) is 46.5 cm³/mol. The second kappa shape index (κ2) is 3.74. The Morgan fingerprint density at radius 2 is 1.77 bits per heavy atom. The van der Waals surface area contributed by atoms with Crippen molar-refractivity contribution in [2.24, 2.45) is 0 Å². The van der Waals surface area contributed by atoms with Crippen LogP contribution in [0.3, 0.4) is 0 Å². The van der Waals surface area contributed by atoms with Crippen molar-refractivity contribution in [2.75, 3.05) is 18.7 Å². The van der Waals surface area contributed by atoms with Crippen LogP contribution in [0, 0.1) is 0 Å². The Labute approximate surface area is 76.0 Å². The molecule has 1 aromatic carbocycles. The third kappa shape index (κ3) is 1.80. The smallest absolute Gasteiger partial charge is 0.184 e. The first-order chi connectivity index (χ1) is 6.40. The monoisotopic (exact) mass is 181 g/mol. The lowest BCUT2D eigenvalue weighted by atomic mass is 10.2. The van der Waals surface area contributed by atoms with Crippen LogP contribution in [-0.2, 0) is 9.47 Å². The van der Waals surface area contributed by atoms with Crippen molar-refractivity contribution >= 4 is 5.69 Å². The molecule has 70 valence electrons. The molecule has 1 aliphatic heterocycles. The van der Waals surface area contributed by atoms with Gasteiger partial charge in [-0.15, -0.1) is 0 Å². The van der Waals surface area contributed by atoms with Gasteiger partial charge in [0.1, 0.15) is 0 Å². The van der Waals surface area contributed by atoms with Crippen molar-refractivity contribution in [1.29, 1.82) is 0 Å². The second-order valence-electron chi connectivity index (χ2n) is 2.81. The summed E-state index contributed by atoms with van der Waals surface area (Å²) >= 11 is 0. The topological polar surface area (TPSA) is 50.7 Å². The Hall–Kier alpha value is -1.10. The van der Waals surface area contributed by atoms with E-state index in [2.05, 4.69) is 5.48 Å². The molecule has 0 bridgehead atoms. The fourth-order valence-electron chi connectivity index (χ4n) is 1.27. The first-order valence-corrected chi connectivity index (χ1v) is 4.13. The molecule has 0 unspecified atom stereocenters. The molecule has 1 aromatic rings. The molecule has 0 aliphatic carbocycles. The summed E-state index contributed by atoms with van der Waals surface area (Å²) < 4.78 is 10.6. The standard InChI is InChI=1S/C9H11NO3/c11-10-8-3-1-7(2-4-8)9-12-5-6-13-9/h1-4,9-11H,5-6H2. The molecule has 0 radical (unpaired) electrons. The Morgan fingerprint density at radius 3 is 2.31 bits per heavy atom. The maximum Gasteiger partial charge on any atom is 0.184 e. The van der Waals surface area contributed by atoms with Gasteiger partial charge in [-0.2, -0.15) is 0 Å². The van der Waals surface area contributed by atoms with Crippen molar-refractivity contribution in [2.45, 2.75) is 6.29 Å². The molecule has 13 heavy (non-hydrogen) atoms. The van der Waals surface area contributed by atoms with Gasteiger partial charge in [0, 0.05) is 5.56 Å². The summed E-state index contributed by atoms with van der Waals surface area (Å²) in [5, 5.41) is 8.58. The van der Waals surface area contributed by atoms with E-state index in [4.69, 9.17) is 14.7 Å². The molecule has 1 saturated heterocycles. The molecule has 0 aromatic heterocycles. The molecule has 2 N–H and O–H groups in total. The van der Waals surface area contributed by atoms with Crippen LogP contribution >= 0.6 is 0 Å². The molecule has 0 spiro atoms. The molecule has 4 heteroatoms. The molecule has 0 amide bonds. The van der Waals surface area contributed by atoms with Crippen LogP contribution in [0.2, 0.25) is 0 Å². The van der Waals surface area contributed by atoms with E-state index in [0.29, 0.717) is 18.9 Å². The maximum absolute atomic E-state index is 8.58. The average Bonchev–Trinajstić information content (AvgIpc) is 2.71. The van der Waals surface area contributed by atoms with E-state index < -0.39 is 0 Å². The molecule has 1 aliphatic rings. The number of anilines is 1. The second-order valence-corrected chi connectivity index (χ2v) is 2.81. The van der Waals surface area contributed by atoms with E-state index in [1.54, 1.807) is 12.1 Å². The minimum absolute atomic E-state index is 0.243. The Bertz CT molecular complexity index is 267. The van der Waals surface area contributed by atoms with E-state index in [1.165, 1.54) is 0 Å². The van der Waals surface area contributed by atoms with Gasteiger partial charge in [0.15, 0.2) is 6.29 Å². The summed E-state index contributed by atoms with van der Waals surface area (Å²) in [5.74, 6) is 0. The minimum atomic E-state index is -0.243. The zero-order valence-corrected chi connectivity index (χ0v) is 7.06. The summed E-state index contributed by atoms with van der Waals surface area (Å²) in [5.41, 5.74) is 3.69. The van der Waals surface area contributed by atoms with Gasteiger partial charge in [0.05, 0.1) is 18.9 Å². The minimum Gasteiger partial charge on any atom is -0.346 e. The third-order valence-corrected chi connectivity index (χ3v) is 1.93. The number of nitrogens with one attached hydrogen (secondary N) is 1. The number of benzene rings is 1. The summed E-state index contributed by atoms with van der Waals surface area (Å²) in [6, 6.07) is 7.24. The van der Waals surface area contributed by atoms with Crippen LogP contribution in [0.25, 0.3) is 0 Å². The third-order valence-electron chi connectivity index (χ3n) is 1.93. The van der Waals surface area contributed by atoms with Crippen LogP contribution in [-0.4, -0.2) is 18.4 Å². The van der Waals surface area contributed by atoms with Crippen LogP contribution in [0.5, 0.6) is 0 Å². The van der Waals surface area contributed by atoms with Crippen molar-refractivity contribution in [1.82, 2.24) is 0 Å². The maximum atomic E-state index is 8.58.